The number of rotatable bonds is 6. The Morgan fingerprint density at radius 1 is 1.18 bits per heavy atom. The highest BCUT2D eigenvalue weighted by Gasteiger charge is 2.25. The van der Waals surface area contributed by atoms with Gasteiger partial charge in [0.1, 0.15) is 11.3 Å². The van der Waals surface area contributed by atoms with Gasteiger partial charge >= 0.3 is 0 Å². The Hall–Kier alpha value is -2.14. The Balaban J connectivity index is 2.35. The summed E-state index contributed by atoms with van der Waals surface area (Å²) in [5.41, 5.74) is 2.19. The first-order valence-electron chi connectivity index (χ1n) is 7.51. The monoisotopic (exact) mass is 301 g/mol. The van der Waals surface area contributed by atoms with Gasteiger partial charge in [-0.2, -0.15) is 0 Å². The summed E-state index contributed by atoms with van der Waals surface area (Å²) in [6.45, 7) is 5.16. The average molecular weight is 301 g/mol. The highest BCUT2D eigenvalue weighted by Crippen LogP contribution is 2.21. The fourth-order valence-electron chi connectivity index (χ4n) is 2.32. The first-order chi connectivity index (χ1) is 10.5. The summed E-state index contributed by atoms with van der Waals surface area (Å²) < 4.78 is 5.21. The summed E-state index contributed by atoms with van der Waals surface area (Å²) in [5.74, 6) is 0.524. The van der Waals surface area contributed by atoms with Gasteiger partial charge in [-0.3, -0.25) is 4.79 Å². The Bertz CT molecular complexity index is 620. The van der Waals surface area contributed by atoms with Crippen molar-refractivity contribution in [1.82, 2.24) is 10.1 Å². The van der Waals surface area contributed by atoms with Crippen molar-refractivity contribution in [2.75, 3.05) is 32.1 Å². The molecule has 5 nitrogen and oxygen atoms in total. The molecule has 0 N–H and O–H groups in total. The van der Waals surface area contributed by atoms with E-state index in [-0.39, 0.29) is 5.91 Å². The third-order valence-electron chi connectivity index (χ3n) is 3.57. The van der Waals surface area contributed by atoms with E-state index in [0.717, 1.165) is 12.2 Å². The number of hydrogen-bond donors (Lipinski definition) is 0. The molecule has 1 amide bonds. The maximum absolute atomic E-state index is 13.0. The lowest BCUT2D eigenvalue weighted by Gasteiger charge is -2.24. The molecule has 2 rings (SSSR count). The molecule has 118 valence electrons. The number of carbonyl (C=O) groups is 1. The summed E-state index contributed by atoms with van der Waals surface area (Å²) in [4.78, 5) is 16.9. The third kappa shape index (κ3) is 3.54. The molecule has 0 aliphatic heterocycles. The molecule has 1 aromatic carbocycles. The number of amides is 1. The lowest BCUT2D eigenvalue weighted by atomic mass is 10.1. The second-order valence-electron chi connectivity index (χ2n) is 5.51. The van der Waals surface area contributed by atoms with Gasteiger partial charge in [-0.25, -0.2) is 0 Å². The molecule has 0 saturated carbocycles. The second kappa shape index (κ2) is 7.22. The van der Waals surface area contributed by atoms with Crippen LogP contribution in [0.5, 0.6) is 0 Å². The van der Waals surface area contributed by atoms with Gasteiger partial charge in [-0.1, -0.05) is 30.3 Å². The molecular weight excluding hydrogens is 278 g/mol. The first-order valence-corrected chi connectivity index (χ1v) is 7.51. The lowest BCUT2D eigenvalue weighted by Crippen LogP contribution is -2.37. The van der Waals surface area contributed by atoms with Crippen molar-refractivity contribution in [3.63, 3.8) is 0 Å². The molecule has 0 fully saturated rings. The van der Waals surface area contributed by atoms with Crippen LogP contribution in [0.4, 0.5) is 5.69 Å². The summed E-state index contributed by atoms with van der Waals surface area (Å²) in [6, 6.07) is 9.71. The molecule has 0 atom stereocenters. The molecule has 0 radical (unpaired) electrons. The van der Waals surface area contributed by atoms with E-state index in [2.05, 4.69) is 10.1 Å². The van der Waals surface area contributed by atoms with E-state index >= 15 is 0 Å². The molecule has 2 aromatic rings. The van der Waals surface area contributed by atoms with E-state index in [4.69, 9.17) is 4.52 Å². The van der Waals surface area contributed by atoms with Crippen molar-refractivity contribution < 1.29 is 9.32 Å². The van der Waals surface area contributed by atoms with Crippen molar-refractivity contribution in [1.29, 1.82) is 0 Å². The Kier molecular flexibility index (Phi) is 5.33. The minimum atomic E-state index is -0.0522. The van der Waals surface area contributed by atoms with Crippen LogP contribution in [-0.2, 0) is 6.42 Å². The van der Waals surface area contributed by atoms with E-state index in [0.29, 0.717) is 30.0 Å². The first kappa shape index (κ1) is 16.2. The zero-order chi connectivity index (χ0) is 16.1. The minimum absolute atomic E-state index is 0.0522. The number of likely N-dealkylation sites (N-methyl/N-ethyl adjacent to an activating group) is 1. The molecule has 1 heterocycles. The van der Waals surface area contributed by atoms with E-state index in [1.165, 1.54) is 0 Å². The Morgan fingerprint density at radius 2 is 1.86 bits per heavy atom. The largest absolute Gasteiger partial charge is 0.361 e. The van der Waals surface area contributed by atoms with Crippen LogP contribution >= 0.6 is 0 Å². The van der Waals surface area contributed by atoms with E-state index in [1.807, 2.05) is 51.4 Å². The molecule has 0 bridgehead atoms. The van der Waals surface area contributed by atoms with Gasteiger partial charge in [-0.05, 0) is 39.6 Å². The summed E-state index contributed by atoms with van der Waals surface area (Å²) in [5, 5.41) is 3.99. The van der Waals surface area contributed by atoms with Crippen molar-refractivity contribution in [2.24, 2.45) is 0 Å². The van der Waals surface area contributed by atoms with Gasteiger partial charge in [0.15, 0.2) is 0 Å². The standard InChI is InChI=1S/C17H23N3O2/c1-5-15-16(13(2)22-18-15)17(21)20(12-11-19(3)4)14-9-7-6-8-10-14/h6-10H,5,11-12H2,1-4H3. The minimum Gasteiger partial charge on any atom is -0.361 e. The van der Waals surface area contributed by atoms with Gasteiger partial charge < -0.3 is 14.3 Å². The molecule has 0 unspecified atom stereocenters. The Labute approximate surface area is 131 Å². The zero-order valence-corrected chi connectivity index (χ0v) is 13.7. The number of aromatic nitrogens is 1. The van der Waals surface area contributed by atoms with Crippen molar-refractivity contribution in [3.05, 3.63) is 47.3 Å². The van der Waals surface area contributed by atoms with Gasteiger partial charge in [-0.15, -0.1) is 0 Å². The summed E-state index contributed by atoms with van der Waals surface area (Å²) in [7, 11) is 3.99. The molecule has 5 heteroatoms. The second-order valence-corrected chi connectivity index (χ2v) is 5.51. The Morgan fingerprint density at radius 3 is 2.45 bits per heavy atom. The van der Waals surface area contributed by atoms with Crippen molar-refractivity contribution in [3.8, 4) is 0 Å². The van der Waals surface area contributed by atoms with Gasteiger partial charge in [0.2, 0.25) is 0 Å². The highest BCUT2D eigenvalue weighted by atomic mass is 16.5. The average Bonchev–Trinajstić information content (AvgIpc) is 2.89. The molecule has 1 aromatic heterocycles. The number of aryl methyl sites for hydroxylation is 2. The fraction of sp³-hybridized carbons (Fsp3) is 0.412. The van der Waals surface area contributed by atoms with Gasteiger partial charge in [0.05, 0.1) is 5.69 Å². The topological polar surface area (TPSA) is 49.6 Å². The van der Waals surface area contributed by atoms with Crippen LogP contribution in [0.15, 0.2) is 34.9 Å². The van der Waals surface area contributed by atoms with Gasteiger partial charge in [0.25, 0.3) is 5.91 Å². The number of carbonyl (C=O) groups excluding carboxylic acids is 1. The van der Waals surface area contributed by atoms with Crippen molar-refractivity contribution >= 4 is 11.6 Å². The van der Waals surface area contributed by atoms with E-state index in [9.17, 15) is 4.79 Å². The maximum atomic E-state index is 13.0. The highest BCUT2D eigenvalue weighted by molar-refractivity contribution is 6.07. The third-order valence-corrected chi connectivity index (χ3v) is 3.57. The normalized spacial score (nSPS) is 11.0. The molecule has 0 saturated heterocycles. The number of benzene rings is 1. The number of hydrogen-bond acceptors (Lipinski definition) is 4. The number of para-hydroxylation sites is 1. The van der Waals surface area contributed by atoms with Crippen LogP contribution < -0.4 is 4.90 Å². The van der Waals surface area contributed by atoms with Crippen LogP contribution in [0.3, 0.4) is 0 Å². The quantitative estimate of drug-likeness (QED) is 0.823. The summed E-state index contributed by atoms with van der Waals surface area (Å²) >= 11 is 0. The number of anilines is 1. The molecular formula is C17H23N3O2. The lowest BCUT2D eigenvalue weighted by molar-refractivity contribution is 0.0983. The van der Waals surface area contributed by atoms with Crippen LogP contribution in [0, 0.1) is 6.92 Å². The molecule has 0 aliphatic carbocycles. The van der Waals surface area contributed by atoms with Crippen LogP contribution in [-0.4, -0.2) is 43.1 Å². The van der Waals surface area contributed by atoms with Crippen LogP contribution in [0.1, 0.15) is 28.7 Å². The fourth-order valence-corrected chi connectivity index (χ4v) is 2.32. The number of nitrogens with zero attached hydrogens (tertiary/aromatic N) is 3. The predicted molar refractivity (Wildman–Crippen MR) is 87.3 cm³/mol. The van der Waals surface area contributed by atoms with Crippen LogP contribution in [0.2, 0.25) is 0 Å². The van der Waals surface area contributed by atoms with Gasteiger partial charge in [0, 0.05) is 18.8 Å². The maximum Gasteiger partial charge on any atom is 0.263 e. The molecule has 0 spiro atoms. The summed E-state index contributed by atoms with van der Waals surface area (Å²) in [6.07, 6.45) is 0.675. The zero-order valence-electron chi connectivity index (χ0n) is 13.7. The molecule has 22 heavy (non-hydrogen) atoms. The van der Waals surface area contributed by atoms with Crippen molar-refractivity contribution in [2.45, 2.75) is 20.3 Å². The molecule has 0 aliphatic rings. The predicted octanol–water partition coefficient (Wildman–Crippen LogP) is 2.75. The smallest absolute Gasteiger partial charge is 0.263 e. The SMILES string of the molecule is CCc1noc(C)c1C(=O)N(CCN(C)C)c1ccccc1. The van der Waals surface area contributed by atoms with Crippen LogP contribution in [0.25, 0.3) is 0 Å². The van der Waals surface area contributed by atoms with E-state index in [1.54, 1.807) is 11.8 Å². The van der Waals surface area contributed by atoms with E-state index < -0.39 is 0 Å².